The van der Waals surface area contributed by atoms with Crippen molar-refractivity contribution < 1.29 is 9.47 Å². The monoisotopic (exact) mass is 157 g/mol. The van der Waals surface area contributed by atoms with E-state index in [1.54, 1.807) is 0 Å². The molecule has 1 atom stereocenters. The van der Waals surface area contributed by atoms with Crippen molar-refractivity contribution in [1.29, 1.82) is 0 Å². The second-order valence-electron chi connectivity index (χ2n) is 3.39. The number of hydrogen-bond acceptors (Lipinski definition) is 3. The standard InChI is InChI=1S/C8H15NO2/c1-7-5-9-6-8(7)10-3-2-4-11-8/h7,9H,2-6H2,1H3. The van der Waals surface area contributed by atoms with Gasteiger partial charge in [0.15, 0.2) is 5.79 Å². The zero-order chi connectivity index (χ0) is 7.73. The van der Waals surface area contributed by atoms with E-state index in [1.165, 1.54) is 0 Å². The van der Waals surface area contributed by atoms with Crippen molar-refractivity contribution >= 4 is 0 Å². The maximum absolute atomic E-state index is 5.65. The van der Waals surface area contributed by atoms with Crippen molar-refractivity contribution in [3.8, 4) is 0 Å². The molecule has 64 valence electrons. The molecule has 2 heterocycles. The van der Waals surface area contributed by atoms with Crippen molar-refractivity contribution in [1.82, 2.24) is 5.32 Å². The molecule has 0 aromatic heterocycles. The first-order valence-electron chi connectivity index (χ1n) is 4.32. The minimum Gasteiger partial charge on any atom is -0.348 e. The van der Waals surface area contributed by atoms with Crippen LogP contribution in [-0.4, -0.2) is 32.1 Å². The predicted molar refractivity (Wildman–Crippen MR) is 41.3 cm³/mol. The van der Waals surface area contributed by atoms with Crippen molar-refractivity contribution in [3.63, 3.8) is 0 Å². The zero-order valence-corrected chi connectivity index (χ0v) is 6.93. The van der Waals surface area contributed by atoms with Crippen LogP contribution in [0.5, 0.6) is 0 Å². The number of rotatable bonds is 0. The maximum atomic E-state index is 5.65. The van der Waals surface area contributed by atoms with Gasteiger partial charge in [0.25, 0.3) is 0 Å². The molecule has 0 aliphatic carbocycles. The molecule has 2 saturated heterocycles. The molecule has 0 radical (unpaired) electrons. The highest BCUT2D eigenvalue weighted by Crippen LogP contribution is 2.30. The maximum Gasteiger partial charge on any atom is 0.184 e. The Kier molecular flexibility index (Phi) is 1.87. The van der Waals surface area contributed by atoms with Crippen LogP contribution in [0.1, 0.15) is 13.3 Å². The van der Waals surface area contributed by atoms with Gasteiger partial charge in [-0.2, -0.15) is 0 Å². The van der Waals surface area contributed by atoms with E-state index in [-0.39, 0.29) is 5.79 Å². The summed E-state index contributed by atoms with van der Waals surface area (Å²) in [7, 11) is 0. The van der Waals surface area contributed by atoms with Gasteiger partial charge in [-0.3, -0.25) is 0 Å². The van der Waals surface area contributed by atoms with Crippen molar-refractivity contribution in [3.05, 3.63) is 0 Å². The zero-order valence-electron chi connectivity index (χ0n) is 6.93. The van der Waals surface area contributed by atoms with Crippen molar-refractivity contribution in [2.45, 2.75) is 19.1 Å². The number of nitrogens with one attached hydrogen (secondary N) is 1. The highest BCUT2D eigenvalue weighted by Gasteiger charge is 2.43. The molecule has 1 N–H and O–H groups in total. The lowest BCUT2D eigenvalue weighted by Crippen LogP contribution is -2.46. The summed E-state index contributed by atoms with van der Waals surface area (Å²) in [5, 5.41) is 3.28. The molecule has 2 rings (SSSR count). The molecule has 0 saturated carbocycles. The van der Waals surface area contributed by atoms with Gasteiger partial charge in [-0.05, 0) is 6.42 Å². The molecule has 3 heteroatoms. The van der Waals surface area contributed by atoms with Crippen LogP contribution >= 0.6 is 0 Å². The van der Waals surface area contributed by atoms with Crippen LogP contribution in [0.25, 0.3) is 0 Å². The van der Waals surface area contributed by atoms with E-state index < -0.39 is 0 Å². The normalized spacial score (nSPS) is 36.3. The van der Waals surface area contributed by atoms with Gasteiger partial charge in [-0.1, -0.05) is 6.92 Å². The molecular formula is C8H15NO2. The van der Waals surface area contributed by atoms with Gasteiger partial charge >= 0.3 is 0 Å². The SMILES string of the molecule is CC1CNCC12OCCCO2. The van der Waals surface area contributed by atoms with Crippen molar-refractivity contribution in [2.24, 2.45) is 5.92 Å². The Labute approximate surface area is 67.1 Å². The number of hydrogen-bond donors (Lipinski definition) is 1. The summed E-state index contributed by atoms with van der Waals surface area (Å²) in [6.45, 7) is 5.75. The highest BCUT2D eigenvalue weighted by atomic mass is 16.7. The van der Waals surface area contributed by atoms with E-state index in [4.69, 9.17) is 9.47 Å². The molecule has 11 heavy (non-hydrogen) atoms. The molecule has 0 aromatic rings. The molecule has 2 aliphatic heterocycles. The van der Waals surface area contributed by atoms with Gasteiger partial charge in [0.1, 0.15) is 0 Å². The molecule has 0 aromatic carbocycles. The molecular weight excluding hydrogens is 142 g/mol. The third-order valence-corrected chi connectivity index (χ3v) is 2.55. The van der Waals surface area contributed by atoms with Crippen molar-refractivity contribution in [2.75, 3.05) is 26.3 Å². The minimum atomic E-state index is -0.280. The van der Waals surface area contributed by atoms with Gasteiger partial charge in [-0.15, -0.1) is 0 Å². The van der Waals surface area contributed by atoms with E-state index in [0.717, 1.165) is 32.7 Å². The summed E-state index contributed by atoms with van der Waals surface area (Å²) in [5.41, 5.74) is 0. The Hall–Kier alpha value is -0.120. The first-order valence-corrected chi connectivity index (χ1v) is 4.32. The molecule has 2 fully saturated rings. The van der Waals surface area contributed by atoms with Crippen LogP contribution in [0.3, 0.4) is 0 Å². The summed E-state index contributed by atoms with van der Waals surface area (Å²) < 4.78 is 11.3. The second kappa shape index (κ2) is 2.73. The Morgan fingerprint density at radius 2 is 2.09 bits per heavy atom. The van der Waals surface area contributed by atoms with E-state index in [0.29, 0.717) is 5.92 Å². The highest BCUT2D eigenvalue weighted by molar-refractivity contribution is 4.88. The Balaban J connectivity index is 2.06. The summed E-state index contributed by atoms with van der Waals surface area (Å²) in [6, 6.07) is 0. The van der Waals surface area contributed by atoms with Gasteiger partial charge in [-0.25, -0.2) is 0 Å². The second-order valence-corrected chi connectivity index (χ2v) is 3.39. The summed E-state index contributed by atoms with van der Waals surface area (Å²) in [5.74, 6) is 0.209. The van der Waals surface area contributed by atoms with Gasteiger partial charge in [0.05, 0.1) is 19.8 Å². The summed E-state index contributed by atoms with van der Waals surface area (Å²) >= 11 is 0. The average Bonchev–Trinajstić information content (AvgIpc) is 2.36. The lowest BCUT2D eigenvalue weighted by Gasteiger charge is -2.36. The average molecular weight is 157 g/mol. The third kappa shape index (κ3) is 1.17. The quantitative estimate of drug-likeness (QED) is 0.550. The van der Waals surface area contributed by atoms with Gasteiger partial charge < -0.3 is 14.8 Å². The van der Waals surface area contributed by atoms with Crippen LogP contribution in [-0.2, 0) is 9.47 Å². The first kappa shape index (κ1) is 7.53. The van der Waals surface area contributed by atoms with Crippen LogP contribution in [0.4, 0.5) is 0 Å². The fourth-order valence-electron chi connectivity index (χ4n) is 1.77. The van der Waals surface area contributed by atoms with E-state index in [9.17, 15) is 0 Å². The van der Waals surface area contributed by atoms with E-state index in [2.05, 4.69) is 12.2 Å². The Morgan fingerprint density at radius 1 is 1.36 bits per heavy atom. The van der Waals surface area contributed by atoms with E-state index >= 15 is 0 Å². The fraction of sp³-hybridized carbons (Fsp3) is 1.00. The fourth-order valence-corrected chi connectivity index (χ4v) is 1.77. The molecule has 0 amide bonds. The van der Waals surface area contributed by atoms with Crippen LogP contribution in [0.2, 0.25) is 0 Å². The van der Waals surface area contributed by atoms with Crippen LogP contribution < -0.4 is 5.32 Å². The lowest BCUT2D eigenvalue weighted by molar-refractivity contribution is -0.272. The molecule has 2 aliphatic rings. The minimum absolute atomic E-state index is 0.280. The van der Waals surface area contributed by atoms with Crippen LogP contribution in [0.15, 0.2) is 0 Å². The summed E-state index contributed by atoms with van der Waals surface area (Å²) in [6.07, 6.45) is 1.04. The Morgan fingerprint density at radius 3 is 2.64 bits per heavy atom. The first-order chi connectivity index (χ1) is 5.33. The van der Waals surface area contributed by atoms with Gasteiger partial charge in [0.2, 0.25) is 0 Å². The van der Waals surface area contributed by atoms with Crippen LogP contribution in [0, 0.1) is 5.92 Å². The molecule has 1 spiro atoms. The van der Waals surface area contributed by atoms with E-state index in [1.807, 2.05) is 0 Å². The smallest absolute Gasteiger partial charge is 0.184 e. The van der Waals surface area contributed by atoms with Gasteiger partial charge in [0, 0.05) is 12.5 Å². The largest absolute Gasteiger partial charge is 0.348 e. The number of ether oxygens (including phenoxy) is 2. The lowest BCUT2D eigenvalue weighted by atomic mass is 10.0. The third-order valence-electron chi connectivity index (χ3n) is 2.55. The Bertz CT molecular complexity index is 143. The topological polar surface area (TPSA) is 30.5 Å². The molecule has 1 unspecified atom stereocenters. The molecule has 0 bridgehead atoms. The summed E-state index contributed by atoms with van der Waals surface area (Å²) in [4.78, 5) is 0. The predicted octanol–water partition coefficient (Wildman–Crippen LogP) is 0.359. The molecule has 3 nitrogen and oxygen atoms in total.